The lowest BCUT2D eigenvalue weighted by molar-refractivity contribution is -0.142. The summed E-state index contributed by atoms with van der Waals surface area (Å²) in [6.45, 7) is 4.82. The summed E-state index contributed by atoms with van der Waals surface area (Å²) in [5, 5.41) is 0. The standard InChI is InChI=1S/C22H34O2/c1-3-5-6-7-18-8-12-20(13-9-18)21-14-10-19(11-15-21)17-22(23)24-16-4-2/h10-11,14-15,18,20H,3-9,12-13,16-17H2,1-2H3. The molecule has 1 fully saturated rings. The highest BCUT2D eigenvalue weighted by Crippen LogP contribution is 2.37. The van der Waals surface area contributed by atoms with Crippen LogP contribution in [0.2, 0.25) is 0 Å². The zero-order chi connectivity index (χ0) is 17.2. The van der Waals surface area contributed by atoms with Gasteiger partial charge in [0.05, 0.1) is 13.0 Å². The molecule has 1 aromatic rings. The molecule has 1 saturated carbocycles. The normalized spacial score (nSPS) is 20.8. The average Bonchev–Trinajstić information content (AvgIpc) is 2.61. The van der Waals surface area contributed by atoms with Crippen LogP contribution in [-0.2, 0) is 16.0 Å². The Bertz CT molecular complexity index is 469. The second kappa shape index (κ2) is 10.5. The summed E-state index contributed by atoms with van der Waals surface area (Å²) >= 11 is 0. The van der Waals surface area contributed by atoms with E-state index in [-0.39, 0.29) is 5.97 Å². The van der Waals surface area contributed by atoms with Crippen molar-refractivity contribution >= 4 is 5.97 Å². The van der Waals surface area contributed by atoms with Gasteiger partial charge < -0.3 is 4.74 Å². The summed E-state index contributed by atoms with van der Waals surface area (Å²) in [7, 11) is 0. The third-order valence-electron chi connectivity index (χ3n) is 5.33. The monoisotopic (exact) mass is 330 g/mol. The Hall–Kier alpha value is -1.31. The summed E-state index contributed by atoms with van der Waals surface area (Å²) < 4.78 is 5.15. The third-order valence-corrected chi connectivity index (χ3v) is 5.33. The fraction of sp³-hybridized carbons (Fsp3) is 0.682. The Kier molecular flexibility index (Phi) is 8.35. The van der Waals surface area contributed by atoms with Gasteiger partial charge in [-0.3, -0.25) is 4.79 Å². The molecule has 2 rings (SSSR count). The van der Waals surface area contributed by atoms with Crippen molar-refractivity contribution < 1.29 is 9.53 Å². The molecular formula is C22H34O2. The number of carbonyl (C=O) groups excluding carboxylic acids is 1. The molecule has 1 aliphatic carbocycles. The van der Waals surface area contributed by atoms with Gasteiger partial charge in [0, 0.05) is 0 Å². The number of hydrogen-bond acceptors (Lipinski definition) is 2. The summed E-state index contributed by atoms with van der Waals surface area (Å²) in [5.74, 6) is 1.56. The molecule has 0 N–H and O–H groups in total. The molecule has 24 heavy (non-hydrogen) atoms. The van der Waals surface area contributed by atoms with Crippen molar-refractivity contribution in [3.63, 3.8) is 0 Å². The van der Waals surface area contributed by atoms with Gasteiger partial charge in [-0.05, 0) is 55.1 Å². The molecule has 0 radical (unpaired) electrons. The van der Waals surface area contributed by atoms with Gasteiger partial charge in [-0.15, -0.1) is 0 Å². The van der Waals surface area contributed by atoms with Crippen molar-refractivity contribution in [2.24, 2.45) is 5.92 Å². The second-order valence-corrected chi connectivity index (χ2v) is 7.35. The number of hydrogen-bond donors (Lipinski definition) is 0. The smallest absolute Gasteiger partial charge is 0.310 e. The topological polar surface area (TPSA) is 26.3 Å². The number of benzene rings is 1. The van der Waals surface area contributed by atoms with E-state index in [1.165, 1.54) is 56.9 Å². The molecule has 0 unspecified atom stereocenters. The first kappa shape index (κ1) is 19.0. The molecule has 0 saturated heterocycles. The lowest BCUT2D eigenvalue weighted by Gasteiger charge is -2.29. The van der Waals surface area contributed by atoms with E-state index in [1.807, 2.05) is 6.92 Å². The van der Waals surface area contributed by atoms with E-state index < -0.39 is 0 Å². The molecule has 0 bridgehead atoms. The number of esters is 1. The fourth-order valence-corrected chi connectivity index (χ4v) is 3.81. The van der Waals surface area contributed by atoms with Crippen molar-refractivity contribution in [2.45, 2.75) is 84.0 Å². The highest BCUT2D eigenvalue weighted by atomic mass is 16.5. The van der Waals surface area contributed by atoms with Gasteiger partial charge in [0.15, 0.2) is 0 Å². The molecule has 0 aliphatic heterocycles. The molecule has 2 heteroatoms. The van der Waals surface area contributed by atoms with E-state index in [1.54, 1.807) is 0 Å². The molecule has 0 atom stereocenters. The third kappa shape index (κ3) is 6.30. The van der Waals surface area contributed by atoms with Crippen LogP contribution >= 0.6 is 0 Å². The van der Waals surface area contributed by atoms with Crippen LogP contribution in [0.4, 0.5) is 0 Å². The summed E-state index contributed by atoms with van der Waals surface area (Å²) in [4.78, 5) is 11.7. The second-order valence-electron chi connectivity index (χ2n) is 7.35. The van der Waals surface area contributed by atoms with Gasteiger partial charge in [0.25, 0.3) is 0 Å². The van der Waals surface area contributed by atoms with Crippen LogP contribution in [0.25, 0.3) is 0 Å². The van der Waals surface area contributed by atoms with Crippen molar-refractivity contribution in [1.82, 2.24) is 0 Å². The minimum absolute atomic E-state index is 0.114. The Morgan fingerprint density at radius 1 is 1.00 bits per heavy atom. The minimum atomic E-state index is -0.114. The molecule has 134 valence electrons. The first-order valence-corrected chi connectivity index (χ1v) is 9.97. The summed E-state index contributed by atoms with van der Waals surface area (Å²) in [6, 6.07) is 8.67. The quantitative estimate of drug-likeness (QED) is 0.408. The number of unbranched alkanes of at least 4 members (excludes halogenated alkanes) is 2. The van der Waals surface area contributed by atoms with Crippen LogP contribution in [0.1, 0.15) is 88.7 Å². The van der Waals surface area contributed by atoms with Crippen molar-refractivity contribution in [3.05, 3.63) is 35.4 Å². The predicted molar refractivity (Wildman–Crippen MR) is 100 cm³/mol. The Morgan fingerprint density at radius 3 is 2.33 bits per heavy atom. The molecule has 0 amide bonds. The molecule has 1 aromatic carbocycles. The maximum atomic E-state index is 11.7. The minimum Gasteiger partial charge on any atom is -0.465 e. The first-order chi connectivity index (χ1) is 11.7. The van der Waals surface area contributed by atoms with Crippen LogP contribution in [0.5, 0.6) is 0 Å². The van der Waals surface area contributed by atoms with Gasteiger partial charge in [-0.25, -0.2) is 0 Å². The van der Waals surface area contributed by atoms with Gasteiger partial charge in [-0.1, -0.05) is 63.8 Å². The van der Waals surface area contributed by atoms with Crippen molar-refractivity contribution in [3.8, 4) is 0 Å². The predicted octanol–water partition coefficient (Wildman–Crippen LogP) is 6.04. The van der Waals surface area contributed by atoms with Crippen LogP contribution in [0.3, 0.4) is 0 Å². The van der Waals surface area contributed by atoms with Crippen molar-refractivity contribution in [2.75, 3.05) is 6.61 Å². The zero-order valence-electron chi connectivity index (χ0n) is 15.6. The van der Waals surface area contributed by atoms with E-state index in [0.717, 1.165) is 17.9 Å². The largest absolute Gasteiger partial charge is 0.465 e. The molecule has 1 aliphatic rings. The van der Waals surface area contributed by atoms with E-state index in [9.17, 15) is 4.79 Å². The molecule has 0 heterocycles. The van der Waals surface area contributed by atoms with E-state index in [2.05, 4.69) is 31.2 Å². The van der Waals surface area contributed by atoms with Crippen LogP contribution in [-0.4, -0.2) is 12.6 Å². The zero-order valence-corrected chi connectivity index (χ0v) is 15.6. The van der Waals surface area contributed by atoms with Crippen LogP contribution in [0.15, 0.2) is 24.3 Å². The first-order valence-electron chi connectivity index (χ1n) is 9.97. The van der Waals surface area contributed by atoms with Crippen LogP contribution < -0.4 is 0 Å². The summed E-state index contributed by atoms with van der Waals surface area (Å²) in [6.07, 6.45) is 12.3. The van der Waals surface area contributed by atoms with Gasteiger partial charge in [0.1, 0.15) is 0 Å². The van der Waals surface area contributed by atoms with Gasteiger partial charge >= 0.3 is 5.97 Å². The fourth-order valence-electron chi connectivity index (χ4n) is 3.81. The highest BCUT2D eigenvalue weighted by Gasteiger charge is 2.22. The number of carbonyl (C=O) groups is 1. The van der Waals surface area contributed by atoms with Crippen molar-refractivity contribution in [1.29, 1.82) is 0 Å². The maximum Gasteiger partial charge on any atom is 0.310 e. The van der Waals surface area contributed by atoms with Gasteiger partial charge in [0.2, 0.25) is 0 Å². The van der Waals surface area contributed by atoms with E-state index >= 15 is 0 Å². The van der Waals surface area contributed by atoms with E-state index in [4.69, 9.17) is 4.74 Å². The molecule has 0 aromatic heterocycles. The lowest BCUT2D eigenvalue weighted by Crippen LogP contribution is -2.13. The molecular weight excluding hydrogens is 296 g/mol. The van der Waals surface area contributed by atoms with Gasteiger partial charge in [-0.2, -0.15) is 0 Å². The number of ether oxygens (including phenoxy) is 1. The SMILES string of the molecule is CCCCCC1CCC(c2ccc(CC(=O)OCCC)cc2)CC1. The highest BCUT2D eigenvalue weighted by molar-refractivity contribution is 5.72. The van der Waals surface area contributed by atoms with Crippen LogP contribution in [0, 0.1) is 5.92 Å². The average molecular weight is 331 g/mol. The van der Waals surface area contributed by atoms with E-state index in [0.29, 0.717) is 18.9 Å². The maximum absolute atomic E-state index is 11.7. The molecule has 0 spiro atoms. The summed E-state index contributed by atoms with van der Waals surface area (Å²) in [5.41, 5.74) is 2.51. The Labute approximate surface area is 148 Å². The lowest BCUT2D eigenvalue weighted by atomic mass is 9.77. The Balaban J connectivity index is 1.76. The molecule has 2 nitrogen and oxygen atoms in total. The number of rotatable bonds is 9. The Morgan fingerprint density at radius 2 is 1.71 bits per heavy atom.